The molecule has 1 saturated carbocycles. The molecule has 2 fully saturated rings. The van der Waals surface area contributed by atoms with E-state index in [-0.39, 0.29) is 5.56 Å². The third-order valence-corrected chi connectivity index (χ3v) is 7.88. The predicted octanol–water partition coefficient (Wildman–Crippen LogP) is 3.26. The molecule has 1 saturated heterocycles. The Morgan fingerprint density at radius 3 is 2.69 bits per heavy atom. The Balaban J connectivity index is 1.42. The second-order valence-corrected chi connectivity index (χ2v) is 10.2. The molecule has 6 rings (SSSR count). The Bertz CT molecular complexity index is 1270. The van der Waals surface area contributed by atoms with Gasteiger partial charge in [0, 0.05) is 69.2 Å². The van der Waals surface area contributed by atoms with Gasteiger partial charge in [-0.05, 0) is 37.0 Å². The summed E-state index contributed by atoms with van der Waals surface area (Å²) in [7, 11) is 3.97. The number of benzene rings is 1. The van der Waals surface area contributed by atoms with Crippen molar-refractivity contribution in [3.63, 3.8) is 0 Å². The Labute approximate surface area is 206 Å². The maximum absolute atomic E-state index is 12.7. The Kier molecular flexibility index (Phi) is 5.94. The molecule has 0 spiro atoms. The molecule has 1 aromatic carbocycles. The van der Waals surface area contributed by atoms with Crippen molar-refractivity contribution in [2.75, 3.05) is 69.5 Å². The van der Waals surface area contributed by atoms with Gasteiger partial charge in [-0.2, -0.15) is 0 Å². The van der Waals surface area contributed by atoms with Gasteiger partial charge >= 0.3 is 0 Å². The molecule has 0 radical (unpaired) electrons. The summed E-state index contributed by atoms with van der Waals surface area (Å²) in [5, 5.41) is 0.938. The van der Waals surface area contributed by atoms with Crippen LogP contribution >= 0.6 is 0 Å². The Morgan fingerprint density at radius 2 is 1.91 bits per heavy atom. The first-order valence-electron chi connectivity index (χ1n) is 12.8. The fourth-order valence-corrected chi connectivity index (χ4v) is 5.55. The summed E-state index contributed by atoms with van der Waals surface area (Å²) < 4.78 is 13.9. The summed E-state index contributed by atoms with van der Waals surface area (Å²) in [5.74, 6) is 1.58. The quantitative estimate of drug-likeness (QED) is 0.564. The zero-order valence-corrected chi connectivity index (χ0v) is 20.8. The summed E-state index contributed by atoms with van der Waals surface area (Å²) >= 11 is 0. The predicted molar refractivity (Wildman–Crippen MR) is 140 cm³/mol. The number of nitrogens with zero attached hydrogens (tertiary/aromatic N) is 4. The summed E-state index contributed by atoms with van der Waals surface area (Å²) in [6.45, 7) is 7.14. The van der Waals surface area contributed by atoms with E-state index in [1.165, 1.54) is 30.6 Å². The minimum atomic E-state index is -0.0151. The zero-order valence-electron chi connectivity index (χ0n) is 20.8. The first-order chi connectivity index (χ1) is 17.1. The molecule has 3 aliphatic rings. The van der Waals surface area contributed by atoms with Crippen LogP contribution in [0.5, 0.6) is 5.75 Å². The number of aromatic amines is 1. The van der Waals surface area contributed by atoms with E-state index in [0.717, 1.165) is 74.9 Å². The molecule has 8 nitrogen and oxygen atoms in total. The number of morpholine rings is 1. The summed E-state index contributed by atoms with van der Waals surface area (Å²) in [5.41, 5.74) is 5.08. The molecular weight excluding hydrogens is 442 g/mol. The van der Waals surface area contributed by atoms with Crippen molar-refractivity contribution in [1.29, 1.82) is 0 Å². The zero-order chi connectivity index (χ0) is 23.9. The third kappa shape index (κ3) is 4.08. The van der Waals surface area contributed by atoms with E-state index < -0.39 is 0 Å². The second-order valence-electron chi connectivity index (χ2n) is 10.2. The maximum atomic E-state index is 12.7. The van der Waals surface area contributed by atoms with Crippen LogP contribution in [-0.2, 0) is 11.8 Å². The third-order valence-electron chi connectivity index (χ3n) is 7.88. The lowest BCUT2D eigenvalue weighted by Crippen LogP contribution is -2.42. The number of hydrogen-bond donors (Lipinski definition) is 1. The van der Waals surface area contributed by atoms with Crippen LogP contribution in [0.2, 0.25) is 0 Å². The normalized spacial score (nSPS) is 18.8. The molecule has 4 heterocycles. The number of nitrogens with one attached hydrogen (secondary N) is 1. The summed E-state index contributed by atoms with van der Waals surface area (Å²) in [6.07, 6.45) is 7.58. The van der Waals surface area contributed by atoms with Crippen LogP contribution in [0.3, 0.4) is 0 Å². The summed E-state index contributed by atoms with van der Waals surface area (Å²) in [6, 6.07) is 6.37. The largest absolute Gasteiger partial charge is 0.490 e. The van der Waals surface area contributed by atoms with Gasteiger partial charge < -0.3 is 28.8 Å². The van der Waals surface area contributed by atoms with Gasteiger partial charge in [-0.3, -0.25) is 9.69 Å². The van der Waals surface area contributed by atoms with Crippen LogP contribution in [0.4, 0.5) is 11.4 Å². The van der Waals surface area contributed by atoms with E-state index in [1.807, 2.05) is 25.5 Å². The lowest BCUT2D eigenvalue weighted by Gasteiger charge is -2.30. The van der Waals surface area contributed by atoms with Crippen molar-refractivity contribution >= 4 is 22.3 Å². The fourth-order valence-electron chi connectivity index (χ4n) is 5.55. The number of H-pyrrole nitrogens is 1. The molecule has 35 heavy (non-hydrogen) atoms. The first kappa shape index (κ1) is 22.5. The van der Waals surface area contributed by atoms with E-state index in [1.54, 1.807) is 4.57 Å². The number of rotatable bonds is 7. The van der Waals surface area contributed by atoms with Crippen LogP contribution in [0.25, 0.3) is 22.0 Å². The molecule has 0 atom stereocenters. The molecule has 0 amide bonds. The van der Waals surface area contributed by atoms with E-state index in [2.05, 4.69) is 38.9 Å². The number of pyridine rings is 1. The van der Waals surface area contributed by atoms with E-state index in [4.69, 9.17) is 9.47 Å². The van der Waals surface area contributed by atoms with Gasteiger partial charge in [-0.25, -0.2) is 0 Å². The lowest BCUT2D eigenvalue weighted by molar-refractivity contribution is 0.0392. The number of anilines is 2. The van der Waals surface area contributed by atoms with Gasteiger partial charge in [0.05, 0.1) is 32.2 Å². The van der Waals surface area contributed by atoms with Gasteiger partial charge in [0.15, 0.2) is 5.75 Å². The molecule has 3 aromatic rings. The topological polar surface area (TPSA) is 66.0 Å². The smallest absolute Gasteiger partial charge is 0.274 e. The van der Waals surface area contributed by atoms with Crippen molar-refractivity contribution < 1.29 is 9.47 Å². The van der Waals surface area contributed by atoms with Crippen molar-refractivity contribution in [1.82, 2.24) is 14.5 Å². The highest BCUT2D eigenvalue weighted by Gasteiger charge is 2.31. The Hall–Kier alpha value is -2.97. The van der Waals surface area contributed by atoms with Gasteiger partial charge in [0.2, 0.25) is 0 Å². The second kappa shape index (κ2) is 9.24. The van der Waals surface area contributed by atoms with Crippen LogP contribution in [0.15, 0.2) is 35.4 Å². The van der Waals surface area contributed by atoms with Crippen LogP contribution in [-0.4, -0.2) is 74.2 Å². The molecule has 2 aromatic heterocycles. The van der Waals surface area contributed by atoms with Gasteiger partial charge in [-0.1, -0.05) is 6.42 Å². The average molecular weight is 478 g/mol. The molecule has 186 valence electrons. The molecule has 8 heteroatoms. The van der Waals surface area contributed by atoms with Gasteiger partial charge in [-0.15, -0.1) is 0 Å². The van der Waals surface area contributed by atoms with Gasteiger partial charge in [0.25, 0.3) is 5.56 Å². The van der Waals surface area contributed by atoms with E-state index >= 15 is 0 Å². The fraction of sp³-hybridized carbons (Fsp3) is 0.519. The monoisotopic (exact) mass is 477 g/mol. The average Bonchev–Trinajstić information content (AvgIpc) is 3.45. The van der Waals surface area contributed by atoms with E-state index in [0.29, 0.717) is 11.4 Å². The summed E-state index contributed by atoms with van der Waals surface area (Å²) in [4.78, 5) is 23.1. The molecule has 0 unspecified atom stereocenters. The van der Waals surface area contributed by atoms with Gasteiger partial charge in [0.1, 0.15) is 11.2 Å². The molecule has 1 N–H and O–H groups in total. The minimum Gasteiger partial charge on any atom is -0.490 e. The van der Waals surface area contributed by atoms with Crippen molar-refractivity contribution in [2.45, 2.75) is 19.3 Å². The molecule has 2 aliphatic heterocycles. The van der Waals surface area contributed by atoms with Crippen LogP contribution in [0, 0.1) is 5.92 Å². The highest BCUT2D eigenvalue weighted by atomic mass is 16.5. The first-order valence-corrected chi connectivity index (χ1v) is 12.8. The highest BCUT2D eigenvalue weighted by molar-refractivity contribution is 5.99. The van der Waals surface area contributed by atoms with Crippen molar-refractivity contribution in [2.24, 2.45) is 13.0 Å². The van der Waals surface area contributed by atoms with Crippen molar-refractivity contribution in [3.8, 4) is 16.9 Å². The van der Waals surface area contributed by atoms with E-state index in [9.17, 15) is 4.79 Å². The molecule has 0 bridgehead atoms. The number of fused-ring (bicyclic) bond motifs is 2. The Morgan fingerprint density at radius 1 is 1.09 bits per heavy atom. The van der Waals surface area contributed by atoms with Crippen LogP contribution in [0.1, 0.15) is 19.3 Å². The highest BCUT2D eigenvalue weighted by Crippen LogP contribution is 2.49. The van der Waals surface area contributed by atoms with Crippen LogP contribution < -0.4 is 20.1 Å². The van der Waals surface area contributed by atoms with Crippen molar-refractivity contribution in [3.05, 3.63) is 40.9 Å². The number of aryl methyl sites for hydroxylation is 1. The number of aromatic nitrogens is 2. The number of ether oxygens (including phenoxy) is 2. The molecule has 1 aliphatic carbocycles. The maximum Gasteiger partial charge on any atom is 0.274 e. The SMILES string of the molecule is CN1CN(CCN2CCOCC2)c2c1ccc(-c1cn(C)c(=O)c3[nH]ccc13)c2OCC1CCC1. The minimum absolute atomic E-state index is 0.0151. The molecular formula is C27H35N5O3. The lowest BCUT2D eigenvalue weighted by atomic mass is 9.86. The standard InChI is InChI=1S/C27H35N5O3/c1-29-16-22(20-8-9-28-24(20)27(29)33)21-6-7-23-25(26(21)35-17-19-4-3-5-19)32(18-30(23)2)11-10-31-12-14-34-15-13-31/h6-9,16,19,28H,3-5,10-15,17-18H2,1-2H3. The number of hydrogen-bond acceptors (Lipinski definition) is 6.